The van der Waals surface area contributed by atoms with Crippen LogP contribution in [0.25, 0.3) is 44.1 Å². The zero-order valence-electron chi connectivity index (χ0n) is 22.1. The van der Waals surface area contributed by atoms with Crippen LogP contribution in [-0.2, 0) is 26.3 Å². The molecule has 4 aromatic carbocycles. The molecule has 0 aliphatic carbocycles. The van der Waals surface area contributed by atoms with Crippen LogP contribution in [0.1, 0.15) is 16.7 Å². The standard InChI is InChI=1S/C22H14F4N.C11H6F2N.Ir/c1-12-7-13(2)9-15(8-12)21-17-4-3-14-10-20(23)19(22(24,25)26)11-18(14)16(17)5-6-27-21;12-8-4-5-9(10(13)7-8)11-3-1-2-6-14-11;/h3-8,10-11H,1-2H3;1-4,6-7H;/q2*-1;. The zero-order chi connectivity index (χ0) is 29.3. The number of fused-ring (bicyclic) bond motifs is 3. The summed E-state index contributed by atoms with van der Waals surface area (Å²) in [7, 11) is 0. The quantitative estimate of drug-likeness (QED) is 0.100. The van der Waals surface area contributed by atoms with Crippen LogP contribution >= 0.6 is 0 Å². The Morgan fingerprint density at radius 2 is 1.52 bits per heavy atom. The summed E-state index contributed by atoms with van der Waals surface area (Å²) in [5.41, 5.74) is 2.78. The molecule has 0 N–H and O–H groups in total. The number of rotatable bonds is 2. The summed E-state index contributed by atoms with van der Waals surface area (Å²) < 4.78 is 79.2. The summed E-state index contributed by atoms with van der Waals surface area (Å²) in [5, 5.41) is 2.05. The van der Waals surface area contributed by atoms with Crippen molar-refractivity contribution < 1.29 is 46.4 Å². The van der Waals surface area contributed by atoms with Crippen molar-refractivity contribution in [1.29, 1.82) is 0 Å². The first kappa shape index (κ1) is 30.9. The monoisotopic (exact) mass is 751 g/mol. The second kappa shape index (κ2) is 12.4. The van der Waals surface area contributed by atoms with Gasteiger partial charge in [0.15, 0.2) is 0 Å². The molecule has 0 amide bonds. The molecule has 42 heavy (non-hydrogen) atoms. The Labute approximate surface area is 251 Å². The topological polar surface area (TPSA) is 25.8 Å². The Morgan fingerprint density at radius 1 is 0.738 bits per heavy atom. The molecule has 0 saturated heterocycles. The van der Waals surface area contributed by atoms with Crippen molar-refractivity contribution >= 4 is 21.5 Å². The molecule has 2 heterocycles. The van der Waals surface area contributed by atoms with E-state index >= 15 is 0 Å². The number of alkyl halides is 3. The smallest absolute Gasteiger partial charge is 0.305 e. The van der Waals surface area contributed by atoms with Gasteiger partial charge in [-0.1, -0.05) is 49.7 Å². The summed E-state index contributed by atoms with van der Waals surface area (Å²) in [6.45, 7) is 3.89. The molecule has 1 radical (unpaired) electrons. The Bertz CT molecular complexity index is 1870. The molecule has 6 aromatic rings. The van der Waals surface area contributed by atoms with Gasteiger partial charge in [-0.05, 0) is 57.2 Å². The van der Waals surface area contributed by atoms with E-state index in [2.05, 4.69) is 22.1 Å². The minimum atomic E-state index is -4.75. The van der Waals surface area contributed by atoms with Gasteiger partial charge in [-0.25, -0.2) is 4.39 Å². The maximum Gasteiger partial charge on any atom is 0.419 e. The van der Waals surface area contributed by atoms with Gasteiger partial charge >= 0.3 is 6.18 Å². The van der Waals surface area contributed by atoms with Gasteiger partial charge in [0, 0.05) is 44.1 Å². The minimum Gasteiger partial charge on any atom is -0.305 e. The number of aryl methyl sites for hydroxylation is 2. The number of hydrogen-bond acceptors (Lipinski definition) is 2. The molecule has 2 nitrogen and oxygen atoms in total. The van der Waals surface area contributed by atoms with E-state index in [9.17, 15) is 26.3 Å². The van der Waals surface area contributed by atoms with Gasteiger partial charge in [0.1, 0.15) is 5.82 Å². The van der Waals surface area contributed by atoms with Crippen LogP contribution in [0.3, 0.4) is 0 Å². The first-order chi connectivity index (χ1) is 19.5. The molecule has 0 aliphatic rings. The second-order valence-electron chi connectivity index (χ2n) is 9.38. The summed E-state index contributed by atoms with van der Waals surface area (Å²) in [4.78, 5) is 8.37. The fraction of sp³-hybridized carbons (Fsp3) is 0.0909. The number of aromatic nitrogens is 2. The fourth-order valence-corrected chi connectivity index (χ4v) is 4.62. The molecule has 9 heteroatoms. The van der Waals surface area contributed by atoms with E-state index in [0.717, 1.165) is 41.0 Å². The normalized spacial score (nSPS) is 11.1. The molecule has 6 rings (SSSR count). The van der Waals surface area contributed by atoms with Crippen molar-refractivity contribution in [2.75, 3.05) is 0 Å². The predicted molar refractivity (Wildman–Crippen MR) is 146 cm³/mol. The largest absolute Gasteiger partial charge is 0.419 e. The third-order valence-corrected chi connectivity index (χ3v) is 6.34. The van der Waals surface area contributed by atoms with E-state index in [1.807, 2.05) is 26.0 Å². The van der Waals surface area contributed by atoms with E-state index in [1.165, 1.54) is 0 Å². The van der Waals surface area contributed by atoms with Gasteiger partial charge in [-0.15, -0.1) is 47.0 Å². The molecular weight excluding hydrogens is 731 g/mol. The molecule has 215 valence electrons. The van der Waals surface area contributed by atoms with Crippen LogP contribution in [0, 0.1) is 43.4 Å². The molecule has 0 spiro atoms. The Kier molecular flexibility index (Phi) is 9.14. The Morgan fingerprint density at radius 3 is 2.19 bits per heavy atom. The predicted octanol–water partition coefficient (Wildman–Crippen LogP) is 9.45. The summed E-state index contributed by atoms with van der Waals surface area (Å²) in [5.74, 6) is -2.56. The number of nitrogens with zero attached hydrogens (tertiary/aromatic N) is 2. The second-order valence-corrected chi connectivity index (χ2v) is 9.38. The fourth-order valence-electron chi connectivity index (χ4n) is 4.62. The summed E-state index contributed by atoms with van der Waals surface area (Å²) >= 11 is 0. The van der Waals surface area contributed by atoms with E-state index in [-0.39, 0.29) is 25.7 Å². The number of benzene rings is 4. The maximum atomic E-state index is 13.9. The van der Waals surface area contributed by atoms with Crippen molar-refractivity contribution in [3.05, 3.63) is 131 Å². The Hall–Kier alpha value is -4.07. The molecule has 0 atom stereocenters. The van der Waals surface area contributed by atoms with Crippen molar-refractivity contribution in [2.45, 2.75) is 20.0 Å². The number of pyridine rings is 2. The third kappa shape index (κ3) is 6.53. The molecule has 2 aromatic heterocycles. The van der Waals surface area contributed by atoms with Gasteiger partial charge in [0.2, 0.25) is 0 Å². The first-order valence-electron chi connectivity index (χ1n) is 12.4. The van der Waals surface area contributed by atoms with Gasteiger partial charge in [-0.3, -0.25) is 8.78 Å². The van der Waals surface area contributed by atoms with Crippen molar-refractivity contribution in [3.8, 4) is 22.5 Å². The summed E-state index contributed by atoms with van der Waals surface area (Å²) in [6, 6.07) is 23.5. The van der Waals surface area contributed by atoms with Crippen molar-refractivity contribution in [1.82, 2.24) is 9.97 Å². The van der Waals surface area contributed by atoms with Crippen molar-refractivity contribution in [2.24, 2.45) is 0 Å². The van der Waals surface area contributed by atoms with Gasteiger partial charge in [0.05, 0.1) is 5.56 Å². The van der Waals surface area contributed by atoms with E-state index < -0.39 is 29.2 Å². The molecule has 0 saturated carbocycles. The molecule has 0 bridgehead atoms. The first-order valence-corrected chi connectivity index (χ1v) is 12.4. The van der Waals surface area contributed by atoms with Gasteiger partial charge in [0.25, 0.3) is 0 Å². The van der Waals surface area contributed by atoms with E-state index in [1.54, 1.807) is 48.8 Å². The molecule has 0 unspecified atom stereocenters. The van der Waals surface area contributed by atoms with Gasteiger partial charge in [-0.2, -0.15) is 13.2 Å². The van der Waals surface area contributed by atoms with Crippen LogP contribution in [0.4, 0.5) is 26.3 Å². The average molecular weight is 751 g/mol. The summed E-state index contributed by atoms with van der Waals surface area (Å²) in [6.07, 6.45) is -1.65. The molecule has 0 aliphatic heterocycles. The van der Waals surface area contributed by atoms with Crippen LogP contribution in [0.15, 0.2) is 85.2 Å². The van der Waals surface area contributed by atoms with Crippen LogP contribution in [0.5, 0.6) is 0 Å². The SMILES string of the molecule is Cc1[c-]c(-c2nccc3c2ccc2cc(F)c(C(F)(F)F)cc23)cc(C)c1.Fc1c[c-]c(-c2ccccn2)c(F)c1.[Ir]. The van der Waals surface area contributed by atoms with E-state index in [0.29, 0.717) is 32.9 Å². The number of halogens is 6. The van der Waals surface area contributed by atoms with Gasteiger partial charge < -0.3 is 9.97 Å². The molecular formula is C33H20F6IrN2-2. The maximum absolute atomic E-state index is 13.9. The third-order valence-electron chi connectivity index (χ3n) is 6.34. The van der Waals surface area contributed by atoms with Crippen LogP contribution in [-0.4, -0.2) is 9.97 Å². The van der Waals surface area contributed by atoms with Crippen LogP contribution in [0.2, 0.25) is 0 Å². The molecule has 0 fully saturated rings. The Balaban J connectivity index is 0.000000228. The number of hydrogen-bond donors (Lipinski definition) is 0. The minimum absolute atomic E-state index is 0. The van der Waals surface area contributed by atoms with E-state index in [4.69, 9.17) is 0 Å². The zero-order valence-corrected chi connectivity index (χ0v) is 24.5. The van der Waals surface area contributed by atoms with Crippen LogP contribution < -0.4 is 0 Å². The van der Waals surface area contributed by atoms with Crippen molar-refractivity contribution in [3.63, 3.8) is 0 Å². The average Bonchev–Trinajstić information content (AvgIpc) is 2.92.